The predicted octanol–water partition coefficient (Wildman–Crippen LogP) is 3.48. The summed E-state index contributed by atoms with van der Waals surface area (Å²) in [7, 11) is 0. The second-order valence-electron chi connectivity index (χ2n) is 4.92. The van der Waals surface area contributed by atoms with Crippen molar-refractivity contribution < 1.29 is 9.47 Å². The van der Waals surface area contributed by atoms with Crippen molar-refractivity contribution in [3.63, 3.8) is 0 Å². The molecule has 1 atom stereocenters. The number of rotatable bonds is 7. The minimum absolute atomic E-state index is 0.127. The van der Waals surface area contributed by atoms with Crippen LogP contribution in [0.15, 0.2) is 48.5 Å². The molecule has 0 aliphatic carbocycles. The van der Waals surface area contributed by atoms with Crippen LogP contribution >= 0.6 is 0 Å². The second kappa shape index (κ2) is 7.43. The van der Waals surface area contributed by atoms with Gasteiger partial charge in [0.05, 0.1) is 6.61 Å². The number of ether oxygens (including phenoxy) is 2. The maximum atomic E-state index is 5.92. The van der Waals surface area contributed by atoms with Gasteiger partial charge >= 0.3 is 0 Å². The maximum absolute atomic E-state index is 5.92. The van der Waals surface area contributed by atoms with Crippen LogP contribution in [0.3, 0.4) is 0 Å². The summed E-state index contributed by atoms with van der Waals surface area (Å²) in [5, 5.41) is 0. The summed E-state index contributed by atoms with van der Waals surface area (Å²) >= 11 is 0. The summed E-state index contributed by atoms with van der Waals surface area (Å²) in [5.74, 6) is 1.66. The van der Waals surface area contributed by atoms with Gasteiger partial charge < -0.3 is 20.9 Å². The molecule has 0 saturated carbocycles. The number of hydrogen-bond acceptors (Lipinski definition) is 4. The molecular formula is C17H22N2O2. The van der Waals surface area contributed by atoms with Gasteiger partial charge in [-0.2, -0.15) is 0 Å². The SMILES string of the molecule is CCC(CCOc1ccc(N)cc1)Oc1ccc(N)cc1. The molecule has 112 valence electrons. The predicted molar refractivity (Wildman–Crippen MR) is 86.5 cm³/mol. The van der Waals surface area contributed by atoms with Crippen LogP contribution in [0.4, 0.5) is 11.4 Å². The molecule has 0 aliphatic rings. The number of nitrogens with two attached hydrogens (primary N) is 2. The van der Waals surface area contributed by atoms with Crippen molar-refractivity contribution in [2.45, 2.75) is 25.9 Å². The molecule has 2 aromatic rings. The van der Waals surface area contributed by atoms with Gasteiger partial charge in [-0.25, -0.2) is 0 Å². The van der Waals surface area contributed by atoms with E-state index in [1.807, 2.05) is 48.5 Å². The van der Waals surface area contributed by atoms with Gasteiger partial charge in [0, 0.05) is 17.8 Å². The summed E-state index contributed by atoms with van der Waals surface area (Å²) in [5.41, 5.74) is 12.8. The summed E-state index contributed by atoms with van der Waals surface area (Å²) in [6.45, 7) is 2.71. The lowest BCUT2D eigenvalue weighted by Gasteiger charge is -2.18. The first-order valence-corrected chi connectivity index (χ1v) is 7.18. The Balaban J connectivity index is 1.79. The Morgan fingerprint density at radius 3 is 1.90 bits per heavy atom. The average Bonchev–Trinajstić information content (AvgIpc) is 2.50. The minimum Gasteiger partial charge on any atom is -0.493 e. The highest BCUT2D eigenvalue weighted by Crippen LogP contribution is 2.18. The monoisotopic (exact) mass is 286 g/mol. The van der Waals surface area contributed by atoms with E-state index in [-0.39, 0.29) is 6.10 Å². The van der Waals surface area contributed by atoms with Gasteiger partial charge in [0.2, 0.25) is 0 Å². The number of benzene rings is 2. The largest absolute Gasteiger partial charge is 0.493 e. The van der Waals surface area contributed by atoms with E-state index in [1.54, 1.807) is 0 Å². The van der Waals surface area contributed by atoms with Crippen LogP contribution in [0.1, 0.15) is 19.8 Å². The van der Waals surface area contributed by atoms with Crippen molar-refractivity contribution >= 4 is 11.4 Å². The van der Waals surface area contributed by atoms with Gasteiger partial charge in [0.15, 0.2) is 0 Å². The standard InChI is InChI=1S/C17H22N2O2/c1-2-15(21-17-9-5-14(19)6-10-17)11-12-20-16-7-3-13(18)4-8-16/h3-10,15H,2,11-12,18-19H2,1H3. The van der Waals surface area contributed by atoms with E-state index in [0.717, 1.165) is 35.7 Å². The lowest BCUT2D eigenvalue weighted by Crippen LogP contribution is -2.18. The van der Waals surface area contributed by atoms with Gasteiger partial charge in [-0.1, -0.05) is 6.92 Å². The zero-order valence-electron chi connectivity index (χ0n) is 12.3. The Morgan fingerprint density at radius 1 is 0.857 bits per heavy atom. The van der Waals surface area contributed by atoms with E-state index in [4.69, 9.17) is 20.9 Å². The summed E-state index contributed by atoms with van der Waals surface area (Å²) < 4.78 is 11.6. The van der Waals surface area contributed by atoms with Crippen LogP contribution in [0.2, 0.25) is 0 Å². The maximum Gasteiger partial charge on any atom is 0.119 e. The second-order valence-corrected chi connectivity index (χ2v) is 4.92. The molecule has 0 aliphatic heterocycles. The van der Waals surface area contributed by atoms with Gasteiger partial charge in [-0.05, 0) is 55.0 Å². The molecule has 0 amide bonds. The molecule has 0 bridgehead atoms. The summed E-state index contributed by atoms with van der Waals surface area (Å²) in [4.78, 5) is 0. The van der Waals surface area contributed by atoms with Crippen LogP contribution in [-0.2, 0) is 0 Å². The highest BCUT2D eigenvalue weighted by Gasteiger charge is 2.08. The lowest BCUT2D eigenvalue weighted by atomic mass is 10.2. The molecular weight excluding hydrogens is 264 g/mol. The Kier molecular flexibility index (Phi) is 5.32. The normalized spacial score (nSPS) is 11.9. The fourth-order valence-corrected chi connectivity index (χ4v) is 1.96. The van der Waals surface area contributed by atoms with Crippen LogP contribution in [0, 0.1) is 0 Å². The van der Waals surface area contributed by atoms with Crippen molar-refractivity contribution in [2.75, 3.05) is 18.1 Å². The zero-order chi connectivity index (χ0) is 15.1. The van der Waals surface area contributed by atoms with Crippen LogP contribution in [-0.4, -0.2) is 12.7 Å². The number of nitrogen functional groups attached to an aromatic ring is 2. The van der Waals surface area contributed by atoms with E-state index in [2.05, 4.69) is 6.92 Å². The Bertz CT molecular complexity index is 538. The van der Waals surface area contributed by atoms with E-state index in [9.17, 15) is 0 Å². The fraction of sp³-hybridized carbons (Fsp3) is 0.294. The van der Waals surface area contributed by atoms with Crippen molar-refractivity contribution in [3.8, 4) is 11.5 Å². The molecule has 0 heterocycles. The Labute approximate surface area is 125 Å². The number of hydrogen-bond donors (Lipinski definition) is 2. The van der Waals surface area contributed by atoms with Crippen molar-refractivity contribution in [1.82, 2.24) is 0 Å². The molecule has 2 rings (SSSR count). The molecule has 4 nitrogen and oxygen atoms in total. The van der Waals surface area contributed by atoms with E-state index in [0.29, 0.717) is 6.61 Å². The van der Waals surface area contributed by atoms with Crippen molar-refractivity contribution in [1.29, 1.82) is 0 Å². The third-order valence-electron chi connectivity index (χ3n) is 3.23. The molecule has 21 heavy (non-hydrogen) atoms. The third kappa shape index (κ3) is 4.91. The van der Waals surface area contributed by atoms with Crippen LogP contribution in [0.5, 0.6) is 11.5 Å². The fourth-order valence-electron chi connectivity index (χ4n) is 1.96. The lowest BCUT2D eigenvalue weighted by molar-refractivity contribution is 0.158. The quantitative estimate of drug-likeness (QED) is 0.764. The zero-order valence-corrected chi connectivity index (χ0v) is 12.3. The topological polar surface area (TPSA) is 70.5 Å². The molecule has 1 unspecified atom stereocenters. The van der Waals surface area contributed by atoms with Gasteiger partial charge in [0.25, 0.3) is 0 Å². The first kappa shape index (κ1) is 15.0. The molecule has 4 N–H and O–H groups in total. The molecule has 0 fully saturated rings. The van der Waals surface area contributed by atoms with Crippen LogP contribution < -0.4 is 20.9 Å². The summed E-state index contributed by atoms with van der Waals surface area (Å²) in [6, 6.07) is 14.9. The minimum atomic E-state index is 0.127. The van der Waals surface area contributed by atoms with Gasteiger partial charge in [0.1, 0.15) is 17.6 Å². The Morgan fingerprint density at radius 2 is 1.38 bits per heavy atom. The Hall–Kier alpha value is -2.36. The smallest absolute Gasteiger partial charge is 0.119 e. The van der Waals surface area contributed by atoms with E-state index in [1.165, 1.54) is 0 Å². The number of anilines is 2. The average molecular weight is 286 g/mol. The highest BCUT2D eigenvalue weighted by molar-refractivity contribution is 5.42. The summed E-state index contributed by atoms with van der Waals surface area (Å²) in [6.07, 6.45) is 1.88. The van der Waals surface area contributed by atoms with Crippen molar-refractivity contribution in [3.05, 3.63) is 48.5 Å². The first-order chi connectivity index (χ1) is 10.2. The van der Waals surface area contributed by atoms with Gasteiger partial charge in [-0.3, -0.25) is 0 Å². The van der Waals surface area contributed by atoms with E-state index < -0.39 is 0 Å². The van der Waals surface area contributed by atoms with Crippen molar-refractivity contribution in [2.24, 2.45) is 0 Å². The molecule has 2 aromatic carbocycles. The molecule has 0 saturated heterocycles. The highest BCUT2D eigenvalue weighted by atomic mass is 16.5. The van der Waals surface area contributed by atoms with Gasteiger partial charge in [-0.15, -0.1) is 0 Å². The first-order valence-electron chi connectivity index (χ1n) is 7.18. The molecule has 0 aromatic heterocycles. The molecule has 4 heteroatoms. The van der Waals surface area contributed by atoms with Crippen LogP contribution in [0.25, 0.3) is 0 Å². The molecule has 0 spiro atoms. The van der Waals surface area contributed by atoms with E-state index >= 15 is 0 Å². The molecule has 0 radical (unpaired) electrons. The third-order valence-corrected chi connectivity index (χ3v) is 3.23.